The van der Waals surface area contributed by atoms with Gasteiger partial charge in [-0.15, -0.1) is 0 Å². The molecule has 0 fully saturated rings. The van der Waals surface area contributed by atoms with Crippen molar-refractivity contribution in [1.29, 1.82) is 0 Å². The number of phenolic OH excluding ortho intramolecular Hbond substituents is 2. The van der Waals surface area contributed by atoms with Gasteiger partial charge in [-0.3, -0.25) is 29.9 Å². The predicted octanol–water partition coefficient (Wildman–Crippen LogP) is 6.48. The van der Waals surface area contributed by atoms with Crippen molar-refractivity contribution in [1.82, 2.24) is 29.9 Å². The first-order chi connectivity index (χ1) is 19.7. The molecule has 1 aromatic carbocycles. The van der Waals surface area contributed by atoms with Crippen LogP contribution >= 0.6 is 0 Å². The number of phenols is 2. The molecule has 0 amide bonds. The Morgan fingerprint density at radius 3 is 0.902 bits per heavy atom. The van der Waals surface area contributed by atoms with E-state index in [1.165, 1.54) is 0 Å². The average molecular weight is 626 g/mol. The van der Waals surface area contributed by atoms with Gasteiger partial charge in [0.1, 0.15) is 11.0 Å². The molecule has 7 rings (SSSR count). The Labute approximate surface area is 249 Å². The molecule has 41 heavy (non-hydrogen) atoms. The molecule has 0 aliphatic rings. The van der Waals surface area contributed by atoms with Gasteiger partial charge in [-0.25, -0.2) is 0 Å². The molecule has 0 aliphatic carbocycles. The van der Waals surface area contributed by atoms with Crippen LogP contribution in [0, 0.1) is 0 Å². The van der Waals surface area contributed by atoms with Crippen LogP contribution in [0.3, 0.4) is 0 Å². The van der Waals surface area contributed by atoms with Crippen molar-refractivity contribution in [3.63, 3.8) is 0 Å². The summed E-state index contributed by atoms with van der Waals surface area (Å²) in [4.78, 5) is 25.1. The van der Waals surface area contributed by atoms with Crippen molar-refractivity contribution in [2.45, 2.75) is 0 Å². The summed E-state index contributed by atoms with van der Waals surface area (Å²) in [6, 6.07) is 30.0. The fourth-order valence-corrected chi connectivity index (χ4v) is 3.88. The standard InChI is InChI=1S/C12H8N2O2.2C10H8N2.Ru/c15-11-7-3-1-5-13-9(7)10-8(12(11)16)4-2-6-14-10;2*1-3-7-11-9(5-1)10-6-2-4-8-12-10;/h1-6,15-16H;2*1-8H;. The Morgan fingerprint density at radius 2 is 0.634 bits per heavy atom. The second-order valence-corrected chi connectivity index (χ2v) is 8.36. The third kappa shape index (κ3) is 7.09. The van der Waals surface area contributed by atoms with Crippen molar-refractivity contribution < 1.29 is 29.7 Å². The molecule has 0 saturated heterocycles. The molecule has 9 heteroatoms. The predicted molar refractivity (Wildman–Crippen MR) is 155 cm³/mol. The molecule has 6 aromatic heterocycles. The molecule has 0 radical (unpaired) electrons. The van der Waals surface area contributed by atoms with E-state index >= 15 is 0 Å². The van der Waals surface area contributed by atoms with E-state index in [-0.39, 0.29) is 31.0 Å². The van der Waals surface area contributed by atoms with Crippen LogP contribution in [-0.2, 0) is 19.5 Å². The molecule has 0 aliphatic heterocycles. The molecular weight excluding hydrogens is 601 g/mol. The minimum absolute atomic E-state index is 0. The Balaban J connectivity index is 0.000000142. The van der Waals surface area contributed by atoms with Gasteiger partial charge < -0.3 is 10.2 Å². The van der Waals surface area contributed by atoms with E-state index in [4.69, 9.17) is 0 Å². The average Bonchev–Trinajstić information content (AvgIpc) is 3.06. The van der Waals surface area contributed by atoms with Gasteiger partial charge in [0.25, 0.3) is 0 Å². The summed E-state index contributed by atoms with van der Waals surface area (Å²) in [5.74, 6) is -0.299. The van der Waals surface area contributed by atoms with Crippen LogP contribution in [0.15, 0.2) is 134 Å². The van der Waals surface area contributed by atoms with Crippen molar-refractivity contribution >= 4 is 21.8 Å². The number of hydrogen-bond acceptors (Lipinski definition) is 8. The number of nitrogens with zero attached hydrogens (tertiary/aromatic N) is 6. The summed E-state index contributed by atoms with van der Waals surface area (Å²) in [5, 5.41) is 20.7. The number of pyridine rings is 6. The number of rotatable bonds is 2. The van der Waals surface area contributed by atoms with E-state index in [0.717, 1.165) is 22.8 Å². The number of hydrogen-bond donors (Lipinski definition) is 2. The Bertz CT molecular complexity index is 1600. The maximum Gasteiger partial charge on any atom is 0.167 e. The second-order valence-electron chi connectivity index (χ2n) is 8.36. The summed E-state index contributed by atoms with van der Waals surface area (Å²) < 4.78 is 0. The first kappa shape index (κ1) is 28.9. The van der Waals surface area contributed by atoms with Crippen LogP contribution in [0.25, 0.3) is 44.6 Å². The van der Waals surface area contributed by atoms with Crippen molar-refractivity contribution in [2.75, 3.05) is 0 Å². The monoisotopic (exact) mass is 626 g/mol. The molecule has 0 spiro atoms. The summed E-state index contributed by atoms with van der Waals surface area (Å²) >= 11 is 0. The van der Waals surface area contributed by atoms with Gasteiger partial charge in [0.05, 0.1) is 22.8 Å². The van der Waals surface area contributed by atoms with Crippen molar-refractivity contribution in [2.24, 2.45) is 0 Å². The summed E-state index contributed by atoms with van der Waals surface area (Å²) in [5.41, 5.74) is 4.84. The van der Waals surface area contributed by atoms with Crippen LogP contribution in [0.1, 0.15) is 0 Å². The van der Waals surface area contributed by atoms with Crippen LogP contribution in [0.2, 0.25) is 0 Å². The van der Waals surface area contributed by atoms with Crippen molar-refractivity contribution in [3.8, 4) is 34.3 Å². The topological polar surface area (TPSA) is 118 Å². The van der Waals surface area contributed by atoms with E-state index in [2.05, 4.69) is 29.9 Å². The zero-order chi connectivity index (χ0) is 27.6. The summed E-state index contributed by atoms with van der Waals surface area (Å²) in [6.45, 7) is 0. The molecule has 202 valence electrons. The van der Waals surface area contributed by atoms with Gasteiger partial charge in [0, 0.05) is 67.4 Å². The third-order valence-corrected chi connectivity index (χ3v) is 5.76. The van der Waals surface area contributed by atoms with Gasteiger partial charge >= 0.3 is 0 Å². The molecule has 0 saturated carbocycles. The molecule has 7 aromatic rings. The smallest absolute Gasteiger partial charge is 0.167 e. The second kappa shape index (κ2) is 14.3. The number of aromatic nitrogens is 6. The van der Waals surface area contributed by atoms with Gasteiger partial charge in [0.15, 0.2) is 11.5 Å². The molecule has 0 bridgehead atoms. The zero-order valence-corrected chi connectivity index (χ0v) is 23.4. The maximum absolute atomic E-state index is 9.84. The van der Waals surface area contributed by atoms with Gasteiger partial charge in [-0.1, -0.05) is 24.3 Å². The van der Waals surface area contributed by atoms with Gasteiger partial charge in [-0.2, -0.15) is 0 Å². The van der Waals surface area contributed by atoms with Gasteiger partial charge in [0.2, 0.25) is 0 Å². The van der Waals surface area contributed by atoms with Crippen molar-refractivity contribution in [3.05, 3.63) is 134 Å². The summed E-state index contributed by atoms with van der Waals surface area (Å²) in [6.07, 6.45) is 10.3. The van der Waals surface area contributed by atoms with Gasteiger partial charge in [-0.05, 0) is 72.8 Å². The largest absolute Gasteiger partial charge is 0.504 e. The maximum atomic E-state index is 9.84. The fraction of sp³-hybridized carbons (Fsp3) is 0. The Kier molecular flexibility index (Phi) is 10.1. The number of aromatic hydroxyl groups is 2. The first-order valence-electron chi connectivity index (χ1n) is 12.4. The number of fused-ring (bicyclic) bond motifs is 3. The fourth-order valence-electron chi connectivity index (χ4n) is 3.88. The molecule has 0 unspecified atom stereocenters. The normalized spacial score (nSPS) is 9.95. The van der Waals surface area contributed by atoms with E-state index in [1.54, 1.807) is 61.4 Å². The van der Waals surface area contributed by atoms with Crippen LogP contribution < -0.4 is 0 Å². The van der Waals surface area contributed by atoms with E-state index in [1.807, 2.05) is 72.8 Å². The number of benzene rings is 1. The molecule has 2 N–H and O–H groups in total. The van der Waals surface area contributed by atoms with E-state index < -0.39 is 0 Å². The Morgan fingerprint density at radius 1 is 0.341 bits per heavy atom. The van der Waals surface area contributed by atoms with E-state index in [0.29, 0.717) is 21.8 Å². The molecule has 0 atom stereocenters. The third-order valence-electron chi connectivity index (χ3n) is 5.76. The summed E-state index contributed by atoms with van der Waals surface area (Å²) in [7, 11) is 0. The SMILES string of the molecule is Oc1c(O)c2cccnc2c2ncccc12.[Ru].c1ccc(-c2ccccn2)nc1.c1ccc(-c2ccccn2)nc1. The minimum atomic E-state index is -0.149. The van der Waals surface area contributed by atoms with E-state index in [9.17, 15) is 10.2 Å². The van der Waals surface area contributed by atoms with Crippen LogP contribution in [0.4, 0.5) is 0 Å². The van der Waals surface area contributed by atoms with Crippen LogP contribution in [-0.4, -0.2) is 40.1 Å². The molecular formula is C32H24N6O2Ru. The zero-order valence-electron chi connectivity index (χ0n) is 21.6. The van der Waals surface area contributed by atoms with Crippen LogP contribution in [0.5, 0.6) is 11.5 Å². The minimum Gasteiger partial charge on any atom is -0.504 e. The molecule has 6 heterocycles. The quantitative estimate of drug-likeness (QED) is 0.127. The first-order valence-corrected chi connectivity index (χ1v) is 12.4. The Hall–Kier alpha value is -5.14. The molecule has 8 nitrogen and oxygen atoms in total.